The van der Waals surface area contributed by atoms with E-state index in [1.807, 2.05) is 6.92 Å². The summed E-state index contributed by atoms with van der Waals surface area (Å²) in [4.78, 5) is 6.77. The van der Waals surface area contributed by atoms with E-state index in [9.17, 15) is 8.78 Å². The number of hydrogen-bond acceptors (Lipinski definition) is 2. The van der Waals surface area contributed by atoms with Gasteiger partial charge in [0.2, 0.25) is 0 Å². The van der Waals surface area contributed by atoms with Crippen LogP contribution in [0.3, 0.4) is 0 Å². The molecule has 0 unspecified atom stereocenters. The molecule has 0 saturated carbocycles. The molecule has 1 aromatic rings. The maximum Gasteiger partial charge on any atom is 0.191 e. The van der Waals surface area contributed by atoms with Gasteiger partial charge < -0.3 is 15.5 Å². The van der Waals surface area contributed by atoms with Gasteiger partial charge in [0.15, 0.2) is 5.96 Å². The molecule has 0 aromatic heterocycles. The van der Waals surface area contributed by atoms with Crippen molar-refractivity contribution in [3.8, 4) is 0 Å². The van der Waals surface area contributed by atoms with Crippen LogP contribution >= 0.6 is 0 Å². The fourth-order valence-electron chi connectivity index (χ4n) is 2.69. The number of guanidine groups is 1. The Hall–Kier alpha value is -1.69. The fourth-order valence-corrected chi connectivity index (χ4v) is 2.69. The molecule has 4 nitrogen and oxygen atoms in total. The van der Waals surface area contributed by atoms with E-state index in [1.54, 1.807) is 0 Å². The summed E-state index contributed by atoms with van der Waals surface area (Å²) in [7, 11) is 0. The quantitative estimate of drug-likeness (QED) is 0.624. The van der Waals surface area contributed by atoms with E-state index >= 15 is 0 Å². The Morgan fingerprint density at radius 1 is 1.17 bits per heavy atom. The van der Waals surface area contributed by atoms with Crippen LogP contribution in [-0.2, 0) is 6.54 Å². The summed E-state index contributed by atoms with van der Waals surface area (Å²) in [5.41, 5.74) is 0.262. The largest absolute Gasteiger partial charge is 0.357 e. The molecule has 1 heterocycles. The minimum atomic E-state index is -0.445. The van der Waals surface area contributed by atoms with E-state index in [0.717, 1.165) is 44.9 Å². The molecule has 2 N–H and O–H groups in total. The van der Waals surface area contributed by atoms with Crippen LogP contribution in [0, 0.1) is 11.6 Å². The summed E-state index contributed by atoms with van der Waals surface area (Å²) >= 11 is 0. The van der Waals surface area contributed by atoms with Gasteiger partial charge in [-0.1, -0.05) is 6.42 Å². The molecular formula is C17H26F2N4. The lowest BCUT2D eigenvalue weighted by Gasteiger charge is -2.26. The maximum absolute atomic E-state index is 13.6. The summed E-state index contributed by atoms with van der Waals surface area (Å²) in [5, 5.41) is 6.38. The molecule has 23 heavy (non-hydrogen) atoms. The van der Waals surface area contributed by atoms with Crippen molar-refractivity contribution in [1.82, 2.24) is 15.5 Å². The number of benzene rings is 1. The molecule has 1 aliphatic heterocycles. The molecule has 1 aliphatic rings. The molecule has 0 bridgehead atoms. The van der Waals surface area contributed by atoms with E-state index in [4.69, 9.17) is 0 Å². The molecular weight excluding hydrogens is 298 g/mol. The normalized spacial score (nSPS) is 16.4. The Morgan fingerprint density at radius 2 is 1.96 bits per heavy atom. The molecule has 1 saturated heterocycles. The summed E-state index contributed by atoms with van der Waals surface area (Å²) < 4.78 is 26.8. The van der Waals surface area contributed by atoms with E-state index in [-0.39, 0.29) is 12.1 Å². The van der Waals surface area contributed by atoms with Crippen molar-refractivity contribution in [2.75, 3.05) is 32.7 Å². The molecule has 1 fully saturated rings. The highest BCUT2D eigenvalue weighted by atomic mass is 19.1. The summed E-state index contributed by atoms with van der Waals surface area (Å²) in [6, 6.07) is 3.44. The lowest BCUT2D eigenvalue weighted by molar-refractivity contribution is 0.232. The summed E-state index contributed by atoms with van der Waals surface area (Å²) in [6.45, 7) is 6.89. The molecule has 0 spiro atoms. The molecule has 1 aromatic carbocycles. The number of halogens is 2. The molecule has 128 valence electrons. The highest BCUT2D eigenvalue weighted by Crippen LogP contribution is 2.10. The third-order valence-corrected chi connectivity index (χ3v) is 3.93. The Kier molecular flexibility index (Phi) is 7.26. The van der Waals surface area contributed by atoms with Crippen LogP contribution in [0.5, 0.6) is 0 Å². The van der Waals surface area contributed by atoms with Gasteiger partial charge >= 0.3 is 0 Å². The number of hydrogen-bond donors (Lipinski definition) is 2. The monoisotopic (exact) mass is 324 g/mol. The van der Waals surface area contributed by atoms with E-state index < -0.39 is 11.6 Å². The Labute approximate surface area is 137 Å². The average Bonchev–Trinajstić information content (AvgIpc) is 2.56. The van der Waals surface area contributed by atoms with Gasteiger partial charge in [-0.05, 0) is 51.1 Å². The molecule has 2 rings (SSSR count). The van der Waals surface area contributed by atoms with Gasteiger partial charge in [0.1, 0.15) is 11.6 Å². The Morgan fingerprint density at radius 3 is 2.70 bits per heavy atom. The first-order valence-corrected chi connectivity index (χ1v) is 8.37. The minimum absolute atomic E-state index is 0.114. The smallest absolute Gasteiger partial charge is 0.191 e. The third kappa shape index (κ3) is 6.14. The lowest BCUT2D eigenvalue weighted by Crippen LogP contribution is -2.42. The van der Waals surface area contributed by atoms with Crippen LogP contribution in [0.25, 0.3) is 0 Å². The standard InChI is InChI=1S/C17H26F2N4/c1-2-20-17(21-8-11-23-9-4-3-5-10-23)22-13-14-12-15(18)6-7-16(14)19/h6-7,12H,2-5,8-11,13H2,1H3,(H2,20,21,22). The molecule has 0 radical (unpaired) electrons. The molecule has 0 amide bonds. The number of nitrogens with one attached hydrogen (secondary N) is 2. The maximum atomic E-state index is 13.6. The van der Waals surface area contributed by atoms with Crippen LogP contribution in [0.4, 0.5) is 8.78 Å². The first kappa shape index (κ1) is 17.7. The fraction of sp³-hybridized carbons (Fsp3) is 0.588. The van der Waals surface area contributed by atoms with Crippen molar-refractivity contribution in [2.45, 2.75) is 32.7 Å². The van der Waals surface area contributed by atoms with Crippen molar-refractivity contribution in [1.29, 1.82) is 0 Å². The number of nitrogens with zero attached hydrogens (tertiary/aromatic N) is 2. The topological polar surface area (TPSA) is 39.7 Å². The van der Waals surface area contributed by atoms with Gasteiger partial charge in [-0.25, -0.2) is 13.8 Å². The Balaban J connectivity index is 1.85. The van der Waals surface area contributed by atoms with Gasteiger partial charge in [0.05, 0.1) is 6.54 Å². The average molecular weight is 324 g/mol. The third-order valence-electron chi connectivity index (χ3n) is 3.93. The van der Waals surface area contributed by atoms with Crippen LogP contribution in [0.2, 0.25) is 0 Å². The van der Waals surface area contributed by atoms with E-state index in [1.165, 1.54) is 25.3 Å². The zero-order valence-electron chi connectivity index (χ0n) is 13.7. The zero-order valence-corrected chi connectivity index (χ0v) is 13.7. The van der Waals surface area contributed by atoms with Gasteiger partial charge in [-0.2, -0.15) is 0 Å². The van der Waals surface area contributed by atoms with Gasteiger partial charge in [0.25, 0.3) is 0 Å². The highest BCUT2D eigenvalue weighted by Gasteiger charge is 2.09. The second-order valence-corrected chi connectivity index (χ2v) is 5.76. The van der Waals surface area contributed by atoms with E-state index in [2.05, 4.69) is 20.5 Å². The number of piperidine rings is 1. The predicted octanol–water partition coefficient (Wildman–Crippen LogP) is 2.51. The minimum Gasteiger partial charge on any atom is -0.357 e. The lowest BCUT2D eigenvalue weighted by atomic mass is 10.1. The van der Waals surface area contributed by atoms with E-state index in [0.29, 0.717) is 5.96 Å². The first-order valence-electron chi connectivity index (χ1n) is 8.37. The number of aliphatic imine (C=N–C) groups is 1. The van der Waals surface area contributed by atoms with Gasteiger partial charge in [0, 0.05) is 25.2 Å². The zero-order chi connectivity index (χ0) is 16.5. The second kappa shape index (κ2) is 9.45. The van der Waals surface area contributed by atoms with Crippen molar-refractivity contribution in [3.63, 3.8) is 0 Å². The molecule has 6 heteroatoms. The summed E-state index contributed by atoms with van der Waals surface area (Å²) in [6.07, 6.45) is 3.87. The summed E-state index contributed by atoms with van der Waals surface area (Å²) in [5.74, 6) is -0.243. The molecule has 0 aliphatic carbocycles. The van der Waals surface area contributed by atoms with Gasteiger partial charge in [-0.15, -0.1) is 0 Å². The molecule has 0 atom stereocenters. The second-order valence-electron chi connectivity index (χ2n) is 5.76. The SMILES string of the molecule is CCNC(=NCc1cc(F)ccc1F)NCCN1CCCCC1. The van der Waals surface area contributed by atoms with Crippen LogP contribution < -0.4 is 10.6 Å². The van der Waals surface area contributed by atoms with Crippen LogP contribution in [-0.4, -0.2) is 43.6 Å². The van der Waals surface area contributed by atoms with Gasteiger partial charge in [-0.3, -0.25) is 0 Å². The van der Waals surface area contributed by atoms with Crippen LogP contribution in [0.15, 0.2) is 23.2 Å². The number of likely N-dealkylation sites (tertiary alicyclic amines) is 1. The predicted molar refractivity (Wildman–Crippen MR) is 89.5 cm³/mol. The Bertz CT molecular complexity index is 513. The highest BCUT2D eigenvalue weighted by molar-refractivity contribution is 5.79. The first-order chi connectivity index (χ1) is 11.2. The van der Waals surface area contributed by atoms with Crippen molar-refractivity contribution >= 4 is 5.96 Å². The van der Waals surface area contributed by atoms with Crippen molar-refractivity contribution < 1.29 is 8.78 Å². The van der Waals surface area contributed by atoms with Crippen molar-refractivity contribution in [2.24, 2.45) is 4.99 Å². The van der Waals surface area contributed by atoms with Crippen molar-refractivity contribution in [3.05, 3.63) is 35.4 Å². The van der Waals surface area contributed by atoms with Crippen LogP contribution in [0.1, 0.15) is 31.7 Å². The number of rotatable bonds is 6.